The molecule has 0 aromatic carbocycles. The maximum absolute atomic E-state index is 6.13. The fourth-order valence-electron chi connectivity index (χ4n) is 1.83. The molecule has 2 N–H and O–H groups in total. The van der Waals surface area contributed by atoms with Crippen LogP contribution < -0.4 is 5.73 Å². The molecule has 1 unspecified atom stereocenters. The average Bonchev–Trinajstić information content (AvgIpc) is 2.74. The minimum Gasteiger partial charge on any atom is -0.468 e. The second-order valence-electron chi connectivity index (χ2n) is 3.47. The smallest absolute Gasteiger partial charge is 0.123 e. The van der Waals surface area contributed by atoms with Gasteiger partial charge in [-0.1, -0.05) is 13.8 Å². The monoisotopic (exact) mass is 197 g/mol. The van der Waals surface area contributed by atoms with Crippen molar-refractivity contribution < 1.29 is 9.15 Å². The van der Waals surface area contributed by atoms with E-state index in [2.05, 4.69) is 13.8 Å². The Balaban J connectivity index is 2.89. The van der Waals surface area contributed by atoms with Gasteiger partial charge in [-0.3, -0.25) is 0 Å². The van der Waals surface area contributed by atoms with Crippen molar-refractivity contribution >= 4 is 0 Å². The van der Waals surface area contributed by atoms with Gasteiger partial charge in [0.1, 0.15) is 5.76 Å². The van der Waals surface area contributed by atoms with Crippen molar-refractivity contribution in [2.45, 2.75) is 38.3 Å². The van der Waals surface area contributed by atoms with Gasteiger partial charge in [0, 0.05) is 7.11 Å². The maximum atomic E-state index is 6.13. The lowest BCUT2D eigenvalue weighted by molar-refractivity contribution is -0.0431. The molecular formula is C11H19NO2. The van der Waals surface area contributed by atoms with Gasteiger partial charge in [-0.2, -0.15) is 0 Å². The van der Waals surface area contributed by atoms with Gasteiger partial charge >= 0.3 is 0 Å². The minimum atomic E-state index is -0.308. The lowest BCUT2D eigenvalue weighted by Crippen LogP contribution is -2.41. The summed E-state index contributed by atoms with van der Waals surface area (Å²) in [6.45, 7) is 4.16. The molecule has 0 spiro atoms. The third-order valence-electron chi connectivity index (χ3n) is 3.02. The summed E-state index contributed by atoms with van der Waals surface area (Å²) in [6, 6.07) is 3.54. The summed E-state index contributed by atoms with van der Waals surface area (Å²) in [5.41, 5.74) is 5.82. The van der Waals surface area contributed by atoms with Gasteiger partial charge in [-0.15, -0.1) is 0 Å². The van der Waals surface area contributed by atoms with Crippen LogP contribution in [-0.2, 0) is 4.74 Å². The van der Waals surface area contributed by atoms with Crippen LogP contribution in [0.25, 0.3) is 0 Å². The fraction of sp³-hybridized carbons (Fsp3) is 0.636. The highest BCUT2D eigenvalue weighted by molar-refractivity contribution is 5.09. The van der Waals surface area contributed by atoms with E-state index in [9.17, 15) is 0 Å². The fourth-order valence-corrected chi connectivity index (χ4v) is 1.83. The quantitative estimate of drug-likeness (QED) is 0.788. The number of rotatable bonds is 5. The lowest BCUT2D eigenvalue weighted by atomic mass is 9.87. The van der Waals surface area contributed by atoms with Crippen molar-refractivity contribution in [3.05, 3.63) is 24.2 Å². The van der Waals surface area contributed by atoms with Crippen LogP contribution in [0.1, 0.15) is 38.5 Å². The molecule has 14 heavy (non-hydrogen) atoms. The van der Waals surface area contributed by atoms with Crippen molar-refractivity contribution in [2.24, 2.45) is 5.73 Å². The first-order chi connectivity index (χ1) is 6.70. The van der Waals surface area contributed by atoms with E-state index in [-0.39, 0.29) is 11.6 Å². The summed E-state index contributed by atoms with van der Waals surface area (Å²) in [5, 5.41) is 0. The molecule has 0 amide bonds. The van der Waals surface area contributed by atoms with Gasteiger partial charge in [-0.05, 0) is 25.0 Å². The Labute approximate surface area is 85.2 Å². The summed E-state index contributed by atoms with van der Waals surface area (Å²) >= 11 is 0. The Morgan fingerprint density at radius 3 is 2.50 bits per heavy atom. The zero-order valence-corrected chi connectivity index (χ0v) is 9.12. The Hall–Kier alpha value is -0.800. The van der Waals surface area contributed by atoms with E-state index in [0.717, 1.165) is 18.6 Å². The maximum Gasteiger partial charge on any atom is 0.123 e. The predicted molar refractivity (Wildman–Crippen MR) is 56.0 cm³/mol. The van der Waals surface area contributed by atoms with E-state index in [1.54, 1.807) is 13.4 Å². The molecular weight excluding hydrogens is 178 g/mol. The topological polar surface area (TPSA) is 48.4 Å². The number of hydrogen-bond acceptors (Lipinski definition) is 3. The number of hydrogen-bond donors (Lipinski definition) is 1. The SMILES string of the molecule is CCC(CC)(OC)C(N)c1ccco1. The predicted octanol–water partition coefficient (Wildman–Crippen LogP) is 2.48. The van der Waals surface area contributed by atoms with Crippen LogP contribution in [0, 0.1) is 0 Å². The van der Waals surface area contributed by atoms with Crippen molar-refractivity contribution in [3.8, 4) is 0 Å². The molecule has 1 aromatic heterocycles. The molecule has 1 rings (SSSR count). The van der Waals surface area contributed by atoms with E-state index in [0.29, 0.717) is 0 Å². The lowest BCUT2D eigenvalue weighted by Gasteiger charge is -2.34. The third-order valence-corrected chi connectivity index (χ3v) is 3.02. The van der Waals surface area contributed by atoms with E-state index in [1.165, 1.54) is 0 Å². The standard InChI is InChI=1S/C11H19NO2/c1-4-11(5-2,13-3)10(12)9-7-6-8-14-9/h6-8,10H,4-5,12H2,1-3H3. The molecule has 1 atom stereocenters. The molecule has 0 fully saturated rings. The molecule has 3 nitrogen and oxygen atoms in total. The van der Waals surface area contributed by atoms with E-state index in [4.69, 9.17) is 14.9 Å². The summed E-state index contributed by atoms with van der Waals surface area (Å²) in [5.74, 6) is 0.788. The van der Waals surface area contributed by atoms with Gasteiger partial charge < -0.3 is 14.9 Å². The number of furan rings is 1. The molecule has 80 valence electrons. The van der Waals surface area contributed by atoms with E-state index in [1.807, 2.05) is 12.1 Å². The van der Waals surface area contributed by atoms with Crippen LogP contribution in [0.4, 0.5) is 0 Å². The highest BCUT2D eigenvalue weighted by Gasteiger charge is 2.35. The van der Waals surface area contributed by atoms with E-state index >= 15 is 0 Å². The van der Waals surface area contributed by atoms with E-state index < -0.39 is 0 Å². The van der Waals surface area contributed by atoms with Crippen LogP contribution in [0.3, 0.4) is 0 Å². The molecule has 0 bridgehead atoms. The van der Waals surface area contributed by atoms with Gasteiger partial charge in [0.25, 0.3) is 0 Å². The van der Waals surface area contributed by atoms with Crippen LogP contribution in [0.15, 0.2) is 22.8 Å². The zero-order chi connectivity index (χ0) is 10.6. The van der Waals surface area contributed by atoms with Crippen LogP contribution >= 0.6 is 0 Å². The second-order valence-corrected chi connectivity index (χ2v) is 3.47. The Kier molecular flexibility index (Phi) is 3.72. The Bertz CT molecular complexity index is 244. The van der Waals surface area contributed by atoms with Crippen molar-refractivity contribution in [3.63, 3.8) is 0 Å². The first-order valence-corrected chi connectivity index (χ1v) is 5.04. The molecule has 0 aliphatic heterocycles. The summed E-state index contributed by atoms with van der Waals surface area (Å²) in [4.78, 5) is 0. The molecule has 0 radical (unpaired) electrons. The zero-order valence-electron chi connectivity index (χ0n) is 9.12. The summed E-state index contributed by atoms with van der Waals surface area (Å²) < 4.78 is 10.8. The van der Waals surface area contributed by atoms with Crippen molar-refractivity contribution in [1.29, 1.82) is 0 Å². The molecule has 1 heterocycles. The normalized spacial score (nSPS) is 14.3. The minimum absolute atomic E-state index is 0.197. The van der Waals surface area contributed by atoms with Crippen LogP contribution in [0.5, 0.6) is 0 Å². The van der Waals surface area contributed by atoms with Gasteiger partial charge in [-0.25, -0.2) is 0 Å². The third kappa shape index (κ3) is 1.83. The molecule has 0 aliphatic rings. The average molecular weight is 197 g/mol. The number of methoxy groups -OCH3 is 1. The van der Waals surface area contributed by atoms with Gasteiger partial charge in [0.05, 0.1) is 17.9 Å². The molecule has 1 aromatic rings. The highest BCUT2D eigenvalue weighted by Crippen LogP contribution is 2.32. The molecule has 3 heteroatoms. The number of ether oxygens (including phenoxy) is 1. The summed E-state index contributed by atoms with van der Waals surface area (Å²) in [7, 11) is 1.70. The van der Waals surface area contributed by atoms with Gasteiger partial charge in [0.15, 0.2) is 0 Å². The Morgan fingerprint density at radius 1 is 1.50 bits per heavy atom. The summed E-state index contributed by atoms with van der Waals surface area (Å²) in [6.07, 6.45) is 3.39. The van der Waals surface area contributed by atoms with Gasteiger partial charge in [0.2, 0.25) is 0 Å². The first-order valence-electron chi connectivity index (χ1n) is 5.04. The number of nitrogens with two attached hydrogens (primary N) is 1. The molecule has 0 saturated heterocycles. The van der Waals surface area contributed by atoms with Crippen molar-refractivity contribution in [1.82, 2.24) is 0 Å². The largest absolute Gasteiger partial charge is 0.468 e. The first kappa shape index (κ1) is 11.3. The molecule has 0 aliphatic carbocycles. The highest BCUT2D eigenvalue weighted by atomic mass is 16.5. The Morgan fingerprint density at radius 2 is 2.14 bits per heavy atom. The molecule has 0 saturated carbocycles. The van der Waals surface area contributed by atoms with Crippen LogP contribution in [-0.4, -0.2) is 12.7 Å². The second kappa shape index (κ2) is 4.62. The van der Waals surface area contributed by atoms with Crippen molar-refractivity contribution in [2.75, 3.05) is 7.11 Å². The van der Waals surface area contributed by atoms with Crippen LogP contribution in [0.2, 0.25) is 0 Å².